The number of nitrogens with zero attached hydrogens (tertiary/aromatic N) is 2. The first-order valence-corrected chi connectivity index (χ1v) is 11.3. The maximum absolute atomic E-state index is 13.8. The maximum atomic E-state index is 13.8. The number of benzene rings is 2. The van der Waals surface area contributed by atoms with Crippen LogP contribution in [0.3, 0.4) is 0 Å². The summed E-state index contributed by atoms with van der Waals surface area (Å²) < 4.78 is 13.8. The average molecular weight is 440 g/mol. The third-order valence-electron chi connectivity index (χ3n) is 6.43. The molecule has 0 unspecified atom stereocenters. The fourth-order valence-electron chi connectivity index (χ4n) is 3.87. The zero-order valence-corrected chi connectivity index (χ0v) is 19.7. The van der Waals surface area contributed by atoms with Gasteiger partial charge in [0.15, 0.2) is 0 Å². The summed E-state index contributed by atoms with van der Waals surface area (Å²) in [5, 5.41) is 3.03. The minimum Gasteiger partial charge on any atom is -0.377 e. The van der Waals surface area contributed by atoms with Crippen LogP contribution in [0.1, 0.15) is 56.0 Å². The Hall–Kier alpha value is -2.89. The van der Waals surface area contributed by atoms with E-state index in [0.717, 1.165) is 36.2 Å². The molecule has 2 aromatic carbocycles. The van der Waals surface area contributed by atoms with E-state index in [1.165, 1.54) is 12.1 Å². The van der Waals surface area contributed by atoms with Crippen LogP contribution in [0, 0.1) is 17.7 Å². The number of nitrogens with one attached hydrogen (secondary N) is 1. The molecule has 0 radical (unpaired) electrons. The minimum atomic E-state index is -0.428. The molecule has 32 heavy (non-hydrogen) atoms. The number of amides is 2. The summed E-state index contributed by atoms with van der Waals surface area (Å²) in [5.74, 6) is -0.263. The van der Waals surface area contributed by atoms with E-state index in [4.69, 9.17) is 0 Å². The van der Waals surface area contributed by atoms with Crippen LogP contribution in [-0.4, -0.2) is 36.9 Å². The molecule has 1 atom stereocenters. The van der Waals surface area contributed by atoms with Crippen LogP contribution in [0.25, 0.3) is 0 Å². The zero-order chi connectivity index (χ0) is 23.4. The highest BCUT2D eigenvalue weighted by atomic mass is 19.1. The summed E-state index contributed by atoms with van der Waals surface area (Å²) in [7, 11) is 3.91. The van der Waals surface area contributed by atoms with Crippen LogP contribution in [0.4, 0.5) is 15.8 Å². The third-order valence-corrected chi connectivity index (χ3v) is 6.43. The van der Waals surface area contributed by atoms with E-state index < -0.39 is 5.82 Å². The molecule has 0 aliphatic heterocycles. The van der Waals surface area contributed by atoms with Crippen molar-refractivity contribution in [1.82, 2.24) is 4.90 Å². The molecule has 5 nitrogen and oxygen atoms in total. The SMILES string of the molecule is CC(C)[C@H](C)N(Cc1cc(NC(=O)C2CCC2)ccc1N(C)C)C(=O)c1cccc(F)c1. The lowest BCUT2D eigenvalue weighted by Gasteiger charge is -2.33. The Labute approximate surface area is 190 Å². The predicted octanol–water partition coefficient (Wildman–Crippen LogP) is 5.32. The van der Waals surface area contributed by atoms with Gasteiger partial charge in [0.2, 0.25) is 5.91 Å². The van der Waals surface area contributed by atoms with Crippen molar-refractivity contribution < 1.29 is 14.0 Å². The van der Waals surface area contributed by atoms with Gasteiger partial charge in [-0.3, -0.25) is 9.59 Å². The highest BCUT2D eigenvalue weighted by Gasteiger charge is 2.27. The largest absolute Gasteiger partial charge is 0.377 e. The molecule has 1 saturated carbocycles. The van der Waals surface area contributed by atoms with E-state index in [1.807, 2.05) is 44.1 Å². The quantitative estimate of drug-likeness (QED) is 0.606. The smallest absolute Gasteiger partial charge is 0.254 e. The van der Waals surface area contributed by atoms with Gasteiger partial charge in [0.25, 0.3) is 5.91 Å². The first-order chi connectivity index (χ1) is 15.2. The molecule has 1 N–H and O–H groups in total. The topological polar surface area (TPSA) is 52.7 Å². The first kappa shape index (κ1) is 23.8. The second-order valence-electron chi connectivity index (χ2n) is 9.28. The van der Waals surface area contributed by atoms with Gasteiger partial charge in [0, 0.05) is 49.5 Å². The van der Waals surface area contributed by atoms with Crippen molar-refractivity contribution in [2.24, 2.45) is 11.8 Å². The van der Waals surface area contributed by atoms with Gasteiger partial charge in [-0.1, -0.05) is 26.3 Å². The molecular formula is C26H34FN3O2. The molecule has 0 bridgehead atoms. The molecule has 2 amide bonds. The highest BCUT2D eigenvalue weighted by Crippen LogP contribution is 2.30. The Morgan fingerprint density at radius 3 is 2.38 bits per heavy atom. The molecule has 6 heteroatoms. The number of anilines is 2. The normalized spacial score (nSPS) is 14.6. The van der Waals surface area contributed by atoms with Crippen LogP contribution in [-0.2, 0) is 11.3 Å². The van der Waals surface area contributed by atoms with E-state index in [0.29, 0.717) is 12.1 Å². The number of carbonyl (C=O) groups excluding carboxylic acids is 2. The van der Waals surface area contributed by atoms with Gasteiger partial charge in [0.1, 0.15) is 5.82 Å². The van der Waals surface area contributed by atoms with E-state index >= 15 is 0 Å². The summed E-state index contributed by atoms with van der Waals surface area (Å²) in [5.41, 5.74) is 2.97. The van der Waals surface area contributed by atoms with E-state index in [9.17, 15) is 14.0 Å². The average Bonchev–Trinajstić information content (AvgIpc) is 2.69. The number of rotatable bonds is 8. The lowest BCUT2D eigenvalue weighted by Crippen LogP contribution is -2.41. The fourth-order valence-corrected chi connectivity index (χ4v) is 3.87. The summed E-state index contributed by atoms with van der Waals surface area (Å²) in [6, 6.07) is 11.6. The Morgan fingerprint density at radius 2 is 1.81 bits per heavy atom. The number of hydrogen-bond donors (Lipinski definition) is 1. The van der Waals surface area contributed by atoms with Gasteiger partial charge in [-0.15, -0.1) is 0 Å². The summed E-state index contributed by atoms with van der Waals surface area (Å²) >= 11 is 0. The van der Waals surface area contributed by atoms with Crippen molar-refractivity contribution in [3.8, 4) is 0 Å². The van der Waals surface area contributed by atoms with Crippen LogP contribution >= 0.6 is 0 Å². The number of halogens is 1. The van der Waals surface area contributed by atoms with Crippen molar-refractivity contribution in [3.05, 3.63) is 59.4 Å². The van der Waals surface area contributed by atoms with Crippen molar-refractivity contribution in [3.63, 3.8) is 0 Å². The zero-order valence-electron chi connectivity index (χ0n) is 19.7. The van der Waals surface area contributed by atoms with E-state index in [1.54, 1.807) is 17.0 Å². The van der Waals surface area contributed by atoms with Gasteiger partial charge in [-0.25, -0.2) is 4.39 Å². The molecule has 1 fully saturated rings. The number of hydrogen-bond acceptors (Lipinski definition) is 3. The third kappa shape index (κ3) is 5.47. The number of carbonyl (C=O) groups is 2. The van der Waals surface area contributed by atoms with Gasteiger partial charge in [-0.2, -0.15) is 0 Å². The second kappa shape index (κ2) is 10.2. The highest BCUT2D eigenvalue weighted by molar-refractivity contribution is 5.95. The summed E-state index contributed by atoms with van der Waals surface area (Å²) in [6.45, 7) is 6.51. The van der Waals surface area contributed by atoms with E-state index in [-0.39, 0.29) is 29.7 Å². The second-order valence-corrected chi connectivity index (χ2v) is 9.28. The Morgan fingerprint density at radius 1 is 1.09 bits per heavy atom. The Bertz CT molecular complexity index is 969. The van der Waals surface area contributed by atoms with Crippen LogP contribution in [0.2, 0.25) is 0 Å². The van der Waals surface area contributed by atoms with Crippen LogP contribution in [0.5, 0.6) is 0 Å². The van der Waals surface area contributed by atoms with Crippen LogP contribution < -0.4 is 10.2 Å². The molecule has 0 heterocycles. The molecule has 3 rings (SSSR count). The molecular weight excluding hydrogens is 405 g/mol. The lowest BCUT2D eigenvalue weighted by atomic mass is 9.85. The van der Waals surface area contributed by atoms with Gasteiger partial charge < -0.3 is 15.1 Å². The molecule has 0 aromatic heterocycles. The molecule has 0 spiro atoms. The molecule has 172 valence electrons. The maximum Gasteiger partial charge on any atom is 0.254 e. The first-order valence-electron chi connectivity index (χ1n) is 11.3. The Kier molecular flexibility index (Phi) is 7.54. The van der Waals surface area contributed by atoms with Crippen molar-refractivity contribution in [1.29, 1.82) is 0 Å². The van der Waals surface area contributed by atoms with Crippen LogP contribution in [0.15, 0.2) is 42.5 Å². The Balaban J connectivity index is 1.93. The minimum absolute atomic E-state index is 0.0584. The fraction of sp³-hybridized carbons (Fsp3) is 0.462. The predicted molar refractivity (Wildman–Crippen MR) is 127 cm³/mol. The standard InChI is InChI=1S/C26H34FN3O2/c1-17(2)18(3)30(26(32)20-10-7-11-22(27)14-20)16-21-15-23(12-13-24(21)29(4)5)28-25(31)19-8-6-9-19/h7,10-15,17-19H,6,8-9,16H2,1-5H3,(H,28,31)/t18-/m0/s1. The van der Waals surface area contributed by atoms with Gasteiger partial charge in [0.05, 0.1) is 0 Å². The monoisotopic (exact) mass is 439 g/mol. The summed E-state index contributed by atoms with van der Waals surface area (Å²) in [6.07, 6.45) is 2.99. The molecule has 1 aliphatic carbocycles. The van der Waals surface area contributed by atoms with Crippen molar-refractivity contribution in [2.45, 2.75) is 52.6 Å². The molecule has 1 aliphatic rings. The van der Waals surface area contributed by atoms with E-state index in [2.05, 4.69) is 19.2 Å². The summed E-state index contributed by atoms with van der Waals surface area (Å²) in [4.78, 5) is 29.6. The van der Waals surface area contributed by atoms with Crippen molar-refractivity contribution >= 4 is 23.2 Å². The molecule has 0 saturated heterocycles. The lowest BCUT2D eigenvalue weighted by molar-refractivity contribution is -0.122. The van der Waals surface area contributed by atoms with Gasteiger partial charge >= 0.3 is 0 Å². The van der Waals surface area contributed by atoms with Crippen molar-refractivity contribution in [2.75, 3.05) is 24.3 Å². The van der Waals surface area contributed by atoms with Gasteiger partial charge in [-0.05, 0) is 67.6 Å². The molecule has 2 aromatic rings.